The smallest absolute Gasteiger partial charge is 0.336 e. The zero-order chi connectivity index (χ0) is 14.9. The minimum absolute atomic E-state index is 0.344. The Morgan fingerprint density at radius 1 is 0.905 bits per heavy atom. The Kier molecular flexibility index (Phi) is 5.29. The number of para-hydroxylation sites is 1. The maximum Gasteiger partial charge on any atom is 0.336 e. The van der Waals surface area contributed by atoms with Gasteiger partial charge >= 0.3 is 5.97 Å². The summed E-state index contributed by atoms with van der Waals surface area (Å²) >= 11 is 0. The van der Waals surface area contributed by atoms with Crippen LogP contribution in [0.5, 0.6) is 5.75 Å². The van der Waals surface area contributed by atoms with E-state index in [1.54, 1.807) is 24.3 Å². The molecule has 0 atom stereocenters. The second-order valence-electron chi connectivity index (χ2n) is 4.27. The predicted molar refractivity (Wildman–Crippen MR) is 79.5 cm³/mol. The van der Waals surface area contributed by atoms with Crippen molar-refractivity contribution >= 4 is 11.9 Å². The second kappa shape index (κ2) is 7.65. The van der Waals surface area contributed by atoms with Crippen LogP contribution < -0.4 is 10.1 Å². The van der Waals surface area contributed by atoms with Crippen LogP contribution in [0.1, 0.15) is 5.56 Å². The molecular formula is C17H15NO3. The van der Waals surface area contributed by atoms with E-state index >= 15 is 0 Å². The lowest BCUT2D eigenvalue weighted by Gasteiger charge is -2.02. The van der Waals surface area contributed by atoms with Crippen molar-refractivity contribution in [2.24, 2.45) is 0 Å². The fourth-order valence-electron chi connectivity index (χ4n) is 1.63. The van der Waals surface area contributed by atoms with Crippen LogP contribution in [-0.2, 0) is 16.1 Å². The van der Waals surface area contributed by atoms with Crippen molar-refractivity contribution in [3.05, 3.63) is 78.4 Å². The third-order valence-corrected chi connectivity index (χ3v) is 2.64. The first-order valence-corrected chi connectivity index (χ1v) is 6.51. The molecule has 0 radical (unpaired) electrons. The molecule has 0 aliphatic rings. The molecule has 0 spiro atoms. The summed E-state index contributed by atoms with van der Waals surface area (Å²) in [6, 6.07) is 18.2. The molecule has 0 unspecified atom stereocenters. The van der Waals surface area contributed by atoms with Gasteiger partial charge in [0.25, 0.3) is 0 Å². The van der Waals surface area contributed by atoms with Gasteiger partial charge in [0, 0.05) is 18.7 Å². The number of rotatable bonds is 5. The fraction of sp³-hybridized carbons (Fsp3) is 0.0588. The molecule has 0 saturated heterocycles. The van der Waals surface area contributed by atoms with Gasteiger partial charge in [-0.25, -0.2) is 4.79 Å². The van der Waals surface area contributed by atoms with Gasteiger partial charge in [-0.2, -0.15) is 0 Å². The maximum absolute atomic E-state index is 11.6. The van der Waals surface area contributed by atoms with Gasteiger partial charge in [-0.3, -0.25) is 4.79 Å². The van der Waals surface area contributed by atoms with E-state index in [1.807, 2.05) is 36.4 Å². The molecule has 0 aliphatic carbocycles. The molecule has 1 amide bonds. The first kappa shape index (κ1) is 14.5. The van der Waals surface area contributed by atoms with Crippen LogP contribution in [-0.4, -0.2) is 11.9 Å². The zero-order valence-corrected chi connectivity index (χ0v) is 11.4. The summed E-state index contributed by atoms with van der Waals surface area (Å²) in [6.07, 6.45) is 2.27. The van der Waals surface area contributed by atoms with Crippen LogP contribution >= 0.6 is 0 Å². The van der Waals surface area contributed by atoms with Crippen molar-refractivity contribution < 1.29 is 14.3 Å². The van der Waals surface area contributed by atoms with Crippen molar-refractivity contribution in [3.63, 3.8) is 0 Å². The largest absolute Gasteiger partial charge is 0.423 e. The van der Waals surface area contributed by atoms with Crippen LogP contribution in [0, 0.1) is 0 Å². The van der Waals surface area contributed by atoms with Crippen molar-refractivity contribution in [2.75, 3.05) is 0 Å². The lowest BCUT2D eigenvalue weighted by molar-refractivity contribution is -0.129. The van der Waals surface area contributed by atoms with Gasteiger partial charge in [0.1, 0.15) is 5.75 Å². The van der Waals surface area contributed by atoms with E-state index in [9.17, 15) is 9.59 Å². The molecule has 0 aliphatic heterocycles. The summed E-state index contributed by atoms with van der Waals surface area (Å²) in [5.74, 6) is -0.489. The molecule has 0 fully saturated rings. The van der Waals surface area contributed by atoms with Crippen molar-refractivity contribution in [3.8, 4) is 5.75 Å². The highest BCUT2D eigenvalue weighted by Gasteiger charge is 2.01. The van der Waals surface area contributed by atoms with Crippen molar-refractivity contribution in [1.82, 2.24) is 5.32 Å². The van der Waals surface area contributed by atoms with Gasteiger partial charge in [-0.15, -0.1) is 0 Å². The average Bonchev–Trinajstić information content (AvgIpc) is 2.53. The Bertz CT molecular complexity index is 621. The monoisotopic (exact) mass is 281 g/mol. The fourth-order valence-corrected chi connectivity index (χ4v) is 1.63. The van der Waals surface area contributed by atoms with Gasteiger partial charge < -0.3 is 10.1 Å². The SMILES string of the molecule is O=C(/C=C/C(=O)Oc1ccccc1)NCc1ccccc1. The molecule has 106 valence electrons. The molecular weight excluding hydrogens is 266 g/mol. The van der Waals surface area contributed by atoms with Crippen LogP contribution in [0.3, 0.4) is 0 Å². The zero-order valence-electron chi connectivity index (χ0n) is 11.4. The summed E-state index contributed by atoms with van der Waals surface area (Å²) in [4.78, 5) is 23.1. The lowest BCUT2D eigenvalue weighted by atomic mass is 10.2. The number of hydrogen-bond donors (Lipinski definition) is 1. The highest BCUT2D eigenvalue weighted by Crippen LogP contribution is 2.08. The van der Waals surface area contributed by atoms with Gasteiger partial charge in [0.05, 0.1) is 0 Å². The first-order valence-electron chi connectivity index (χ1n) is 6.51. The standard InChI is InChI=1S/C17H15NO3/c19-16(18-13-14-7-3-1-4-8-14)11-12-17(20)21-15-9-5-2-6-10-15/h1-12H,13H2,(H,18,19)/b12-11+. The molecule has 21 heavy (non-hydrogen) atoms. The van der Waals surface area contributed by atoms with E-state index in [4.69, 9.17) is 4.74 Å². The summed E-state index contributed by atoms with van der Waals surface area (Å²) in [5.41, 5.74) is 0.992. The van der Waals surface area contributed by atoms with E-state index in [0.29, 0.717) is 12.3 Å². The molecule has 0 saturated carbocycles. The number of esters is 1. The summed E-state index contributed by atoms with van der Waals surface area (Å²) in [7, 11) is 0. The first-order chi connectivity index (χ1) is 10.2. The van der Waals surface area contributed by atoms with E-state index in [2.05, 4.69) is 5.32 Å². The van der Waals surface area contributed by atoms with Crippen LogP contribution in [0.2, 0.25) is 0 Å². The van der Waals surface area contributed by atoms with Gasteiger partial charge in [0.2, 0.25) is 5.91 Å². The van der Waals surface area contributed by atoms with Gasteiger partial charge in [0.15, 0.2) is 0 Å². The van der Waals surface area contributed by atoms with E-state index in [1.165, 1.54) is 0 Å². The molecule has 1 N–H and O–H groups in total. The molecule has 0 heterocycles. The Balaban J connectivity index is 1.78. The molecule has 4 nitrogen and oxygen atoms in total. The lowest BCUT2D eigenvalue weighted by Crippen LogP contribution is -2.20. The number of carbonyl (C=O) groups is 2. The molecule has 0 bridgehead atoms. The maximum atomic E-state index is 11.6. The van der Waals surface area contributed by atoms with Crippen LogP contribution in [0.25, 0.3) is 0 Å². The summed E-state index contributed by atoms with van der Waals surface area (Å²) < 4.78 is 5.02. The van der Waals surface area contributed by atoms with E-state index < -0.39 is 5.97 Å². The van der Waals surface area contributed by atoms with Crippen molar-refractivity contribution in [2.45, 2.75) is 6.54 Å². The third-order valence-electron chi connectivity index (χ3n) is 2.64. The van der Waals surface area contributed by atoms with Gasteiger partial charge in [-0.05, 0) is 17.7 Å². The van der Waals surface area contributed by atoms with Crippen LogP contribution in [0.15, 0.2) is 72.8 Å². The number of amides is 1. The number of ether oxygens (including phenoxy) is 1. The topological polar surface area (TPSA) is 55.4 Å². The van der Waals surface area contributed by atoms with E-state index in [0.717, 1.165) is 17.7 Å². The number of carbonyl (C=O) groups excluding carboxylic acids is 2. The van der Waals surface area contributed by atoms with E-state index in [-0.39, 0.29) is 5.91 Å². The third kappa shape index (κ3) is 5.32. The highest BCUT2D eigenvalue weighted by atomic mass is 16.5. The molecule has 4 heteroatoms. The average molecular weight is 281 g/mol. The number of nitrogens with one attached hydrogen (secondary N) is 1. The Labute approximate surface area is 123 Å². The second-order valence-corrected chi connectivity index (χ2v) is 4.27. The highest BCUT2D eigenvalue weighted by molar-refractivity contribution is 5.95. The Hall–Kier alpha value is -2.88. The quantitative estimate of drug-likeness (QED) is 0.520. The minimum Gasteiger partial charge on any atom is -0.423 e. The Morgan fingerprint density at radius 3 is 2.19 bits per heavy atom. The minimum atomic E-state index is -0.587. The normalized spacial score (nSPS) is 10.3. The van der Waals surface area contributed by atoms with Crippen molar-refractivity contribution in [1.29, 1.82) is 0 Å². The molecule has 2 aromatic carbocycles. The molecule has 0 aromatic heterocycles. The predicted octanol–water partition coefficient (Wildman–Crippen LogP) is 2.46. The summed E-state index contributed by atoms with van der Waals surface area (Å²) in [6.45, 7) is 0.414. The van der Waals surface area contributed by atoms with Gasteiger partial charge in [-0.1, -0.05) is 48.5 Å². The molecule has 2 aromatic rings. The Morgan fingerprint density at radius 2 is 1.52 bits per heavy atom. The van der Waals surface area contributed by atoms with Crippen LogP contribution in [0.4, 0.5) is 0 Å². The molecule has 2 rings (SSSR count). The number of benzene rings is 2. The summed E-state index contributed by atoms with van der Waals surface area (Å²) in [5, 5.41) is 2.68. The number of hydrogen-bond acceptors (Lipinski definition) is 3.